The van der Waals surface area contributed by atoms with Crippen molar-refractivity contribution in [1.29, 1.82) is 0 Å². The maximum Gasteiger partial charge on any atom is 0.188 e. The Morgan fingerprint density at radius 1 is 0.938 bits per heavy atom. The number of ether oxygens (including phenoxy) is 2. The predicted octanol–water partition coefficient (Wildman–Crippen LogP) is 6.26. The van der Waals surface area contributed by atoms with E-state index in [0.29, 0.717) is 8.58 Å². The number of methoxy groups -OCH3 is 1. The van der Waals surface area contributed by atoms with E-state index in [9.17, 15) is 0 Å². The zero-order valence-corrected chi connectivity index (χ0v) is 21.2. The molecule has 0 fully saturated rings. The maximum atomic E-state index is 6.05. The first-order valence-corrected chi connectivity index (χ1v) is 12.2. The van der Waals surface area contributed by atoms with E-state index in [-0.39, 0.29) is 11.9 Å². The molecular formula is C28H36NO2P. The summed E-state index contributed by atoms with van der Waals surface area (Å²) in [6, 6.07) is 24.1. The first-order chi connectivity index (χ1) is 15.4. The van der Waals surface area contributed by atoms with E-state index in [1.54, 1.807) is 7.11 Å². The smallest absolute Gasteiger partial charge is 0.188 e. The SMILES string of the molecule is CCC(C)(Pc1ccc(C)cc1N(C)C)c1cc(Cc2ccccc2)ccc1OCOC. The van der Waals surface area contributed by atoms with E-state index in [4.69, 9.17) is 9.47 Å². The number of aryl methyl sites for hydroxylation is 1. The second-order valence-electron chi connectivity index (χ2n) is 8.77. The molecule has 0 aliphatic rings. The van der Waals surface area contributed by atoms with E-state index >= 15 is 0 Å². The minimum atomic E-state index is -0.0458. The zero-order chi connectivity index (χ0) is 23.1. The van der Waals surface area contributed by atoms with Gasteiger partial charge in [-0.15, -0.1) is 0 Å². The van der Waals surface area contributed by atoms with Crippen molar-refractivity contribution in [1.82, 2.24) is 0 Å². The normalized spacial score (nSPS) is 13.3. The lowest BCUT2D eigenvalue weighted by Gasteiger charge is -2.33. The van der Waals surface area contributed by atoms with Crippen molar-refractivity contribution in [2.45, 2.75) is 38.8 Å². The van der Waals surface area contributed by atoms with Crippen LogP contribution in [0.1, 0.15) is 42.5 Å². The van der Waals surface area contributed by atoms with Crippen LogP contribution in [0.25, 0.3) is 0 Å². The summed E-state index contributed by atoms with van der Waals surface area (Å²) in [7, 11) is 6.53. The van der Waals surface area contributed by atoms with Gasteiger partial charge in [0.25, 0.3) is 0 Å². The molecule has 0 aliphatic heterocycles. The van der Waals surface area contributed by atoms with Crippen LogP contribution >= 0.6 is 8.58 Å². The van der Waals surface area contributed by atoms with Crippen LogP contribution in [0.5, 0.6) is 5.75 Å². The predicted molar refractivity (Wildman–Crippen MR) is 139 cm³/mol. The first kappa shape index (κ1) is 24.3. The molecule has 32 heavy (non-hydrogen) atoms. The minimum Gasteiger partial charge on any atom is -0.467 e. The molecule has 2 unspecified atom stereocenters. The third-order valence-electron chi connectivity index (χ3n) is 5.97. The van der Waals surface area contributed by atoms with Crippen molar-refractivity contribution < 1.29 is 9.47 Å². The summed E-state index contributed by atoms with van der Waals surface area (Å²) in [6.07, 6.45) is 1.93. The summed E-state index contributed by atoms with van der Waals surface area (Å²) in [5.41, 5.74) is 6.46. The van der Waals surface area contributed by atoms with Crippen molar-refractivity contribution in [2.75, 3.05) is 32.9 Å². The molecule has 0 heterocycles. The van der Waals surface area contributed by atoms with Gasteiger partial charge < -0.3 is 14.4 Å². The minimum absolute atomic E-state index is 0.0458. The number of rotatable bonds is 10. The summed E-state index contributed by atoms with van der Waals surface area (Å²) in [4.78, 5) is 2.22. The highest BCUT2D eigenvalue weighted by atomic mass is 31.1. The van der Waals surface area contributed by atoms with Crippen LogP contribution < -0.4 is 14.9 Å². The van der Waals surface area contributed by atoms with Crippen molar-refractivity contribution >= 4 is 19.6 Å². The van der Waals surface area contributed by atoms with Gasteiger partial charge in [0.2, 0.25) is 0 Å². The Kier molecular flexibility index (Phi) is 8.34. The Morgan fingerprint density at radius 2 is 1.69 bits per heavy atom. The molecule has 0 N–H and O–H groups in total. The van der Waals surface area contributed by atoms with Crippen LogP contribution in [0.3, 0.4) is 0 Å². The topological polar surface area (TPSA) is 21.7 Å². The fourth-order valence-corrected chi connectivity index (χ4v) is 5.65. The Hall–Kier alpha value is -2.35. The number of anilines is 1. The molecule has 3 rings (SSSR count). The number of hydrogen-bond donors (Lipinski definition) is 0. The molecule has 0 spiro atoms. The monoisotopic (exact) mass is 449 g/mol. The van der Waals surface area contributed by atoms with E-state index in [1.165, 1.54) is 33.2 Å². The first-order valence-electron chi connectivity index (χ1n) is 11.2. The Morgan fingerprint density at radius 3 is 2.34 bits per heavy atom. The van der Waals surface area contributed by atoms with Crippen LogP contribution in [-0.2, 0) is 16.3 Å². The zero-order valence-electron chi connectivity index (χ0n) is 20.2. The van der Waals surface area contributed by atoms with Crippen molar-refractivity contribution in [3.63, 3.8) is 0 Å². The van der Waals surface area contributed by atoms with Crippen LogP contribution in [0.2, 0.25) is 0 Å². The number of hydrogen-bond acceptors (Lipinski definition) is 3. The maximum absolute atomic E-state index is 6.05. The molecule has 0 saturated carbocycles. The molecule has 3 aromatic carbocycles. The molecule has 0 saturated heterocycles. The molecule has 0 radical (unpaired) electrons. The fraction of sp³-hybridized carbons (Fsp3) is 0.357. The van der Waals surface area contributed by atoms with Crippen LogP contribution in [0.4, 0.5) is 5.69 Å². The average molecular weight is 450 g/mol. The summed E-state index contributed by atoms with van der Waals surface area (Å²) >= 11 is 0. The van der Waals surface area contributed by atoms with Crippen LogP contribution in [0.15, 0.2) is 66.7 Å². The van der Waals surface area contributed by atoms with Gasteiger partial charge in [-0.2, -0.15) is 0 Å². The molecule has 0 aliphatic carbocycles. The molecule has 3 nitrogen and oxygen atoms in total. The lowest BCUT2D eigenvalue weighted by atomic mass is 9.93. The van der Waals surface area contributed by atoms with Gasteiger partial charge in [-0.05, 0) is 53.9 Å². The van der Waals surface area contributed by atoms with Crippen molar-refractivity contribution in [2.24, 2.45) is 0 Å². The highest BCUT2D eigenvalue weighted by molar-refractivity contribution is 7.49. The second kappa shape index (κ2) is 11.0. The largest absolute Gasteiger partial charge is 0.467 e. The fourth-order valence-electron chi connectivity index (χ4n) is 3.96. The molecule has 4 heteroatoms. The average Bonchev–Trinajstić information content (AvgIpc) is 2.79. The van der Waals surface area contributed by atoms with Gasteiger partial charge in [0.15, 0.2) is 6.79 Å². The number of benzene rings is 3. The standard InChI is InChI=1S/C28H36NO2P/c1-7-28(3,32-27-16-13-21(2)17-25(27)29(4)5)24-19-23(14-15-26(24)31-20-30-6)18-22-11-9-8-10-12-22/h8-17,19,32H,7,18,20H2,1-6H3. The van der Waals surface area contributed by atoms with Gasteiger partial charge in [-0.1, -0.05) is 77.0 Å². The molecular weight excluding hydrogens is 413 g/mol. The van der Waals surface area contributed by atoms with Gasteiger partial charge in [-0.25, -0.2) is 0 Å². The van der Waals surface area contributed by atoms with E-state index in [1.807, 2.05) is 0 Å². The highest BCUT2D eigenvalue weighted by Crippen LogP contribution is 2.48. The van der Waals surface area contributed by atoms with E-state index in [2.05, 4.69) is 106 Å². The van der Waals surface area contributed by atoms with Crippen LogP contribution in [-0.4, -0.2) is 28.0 Å². The van der Waals surface area contributed by atoms with Gasteiger partial charge >= 0.3 is 0 Å². The second-order valence-corrected chi connectivity index (χ2v) is 10.7. The molecule has 170 valence electrons. The summed E-state index contributed by atoms with van der Waals surface area (Å²) in [5.74, 6) is 0.916. The molecule has 0 aromatic heterocycles. The molecule has 0 bridgehead atoms. The van der Waals surface area contributed by atoms with Crippen molar-refractivity contribution in [3.8, 4) is 5.75 Å². The lowest BCUT2D eigenvalue weighted by Crippen LogP contribution is -2.23. The third-order valence-corrected chi connectivity index (χ3v) is 7.84. The molecule has 3 aromatic rings. The van der Waals surface area contributed by atoms with Crippen LogP contribution in [0, 0.1) is 6.92 Å². The van der Waals surface area contributed by atoms with Gasteiger partial charge in [0.05, 0.1) is 0 Å². The highest BCUT2D eigenvalue weighted by Gasteiger charge is 2.30. The van der Waals surface area contributed by atoms with Gasteiger partial charge in [0.1, 0.15) is 5.75 Å². The Bertz CT molecular complexity index is 1020. The van der Waals surface area contributed by atoms with Gasteiger partial charge in [-0.3, -0.25) is 0 Å². The quantitative estimate of drug-likeness (QED) is 0.269. The van der Waals surface area contributed by atoms with E-state index < -0.39 is 0 Å². The number of nitrogens with zero attached hydrogens (tertiary/aromatic N) is 1. The lowest BCUT2D eigenvalue weighted by molar-refractivity contribution is 0.0500. The summed E-state index contributed by atoms with van der Waals surface area (Å²) in [6.45, 7) is 7.05. The molecule has 0 amide bonds. The molecule has 2 atom stereocenters. The van der Waals surface area contributed by atoms with Crippen molar-refractivity contribution in [3.05, 3.63) is 89.0 Å². The van der Waals surface area contributed by atoms with Gasteiger partial charge in [0, 0.05) is 37.6 Å². The summed E-state index contributed by atoms with van der Waals surface area (Å²) < 4.78 is 11.3. The Labute approximate surface area is 195 Å². The van der Waals surface area contributed by atoms with E-state index in [0.717, 1.165) is 18.6 Å². The Balaban J connectivity index is 2.03. The third kappa shape index (κ3) is 5.91. The summed E-state index contributed by atoms with van der Waals surface area (Å²) in [5, 5.41) is 1.34.